The van der Waals surface area contributed by atoms with Crippen molar-refractivity contribution in [3.63, 3.8) is 0 Å². The molecule has 0 aliphatic carbocycles. The molecule has 1 aromatic heterocycles. The number of hydrogen-bond donors (Lipinski definition) is 2. The summed E-state index contributed by atoms with van der Waals surface area (Å²) in [5.41, 5.74) is 0. The largest absolute Gasteiger partial charge is 0.492 e. The van der Waals surface area contributed by atoms with Gasteiger partial charge in [0.25, 0.3) is 0 Å². The highest BCUT2D eigenvalue weighted by atomic mass is 79.9. The quantitative estimate of drug-likeness (QED) is 0.336. The molecule has 0 aromatic carbocycles. The Balaban J connectivity index is 1.92. The van der Waals surface area contributed by atoms with Gasteiger partial charge in [-0.3, -0.25) is 9.54 Å². The number of aromatic nitrogens is 1. The fourth-order valence-corrected chi connectivity index (χ4v) is 3.22. The van der Waals surface area contributed by atoms with E-state index in [1.54, 1.807) is 12.4 Å². The molecule has 0 saturated heterocycles. The van der Waals surface area contributed by atoms with Crippen LogP contribution in [-0.4, -0.2) is 43.4 Å². The molecule has 0 atom stereocenters. The van der Waals surface area contributed by atoms with Crippen molar-refractivity contribution < 1.29 is 17.7 Å². The van der Waals surface area contributed by atoms with Gasteiger partial charge < -0.3 is 10.1 Å². The molecule has 1 heterocycles. The van der Waals surface area contributed by atoms with E-state index in [2.05, 4.69) is 26.2 Å². The first-order valence-electron chi connectivity index (χ1n) is 6.54. The Morgan fingerprint density at radius 2 is 2.14 bits per heavy atom. The molecule has 0 radical (unpaired) electrons. The molecule has 0 fully saturated rings. The van der Waals surface area contributed by atoms with Gasteiger partial charge in [-0.2, -0.15) is 8.42 Å². The minimum absolute atomic E-state index is 0.345. The number of ether oxygens (including phenoxy) is 1. The zero-order valence-corrected chi connectivity index (χ0v) is 14.7. The van der Waals surface area contributed by atoms with Crippen LogP contribution in [0.3, 0.4) is 0 Å². The van der Waals surface area contributed by atoms with Crippen molar-refractivity contribution in [1.29, 1.82) is 0 Å². The van der Waals surface area contributed by atoms with E-state index < -0.39 is 9.15 Å². The van der Waals surface area contributed by atoms with Crippen molar-refractivity contribution in [3.05, 3.63) is 22.9 Å². The number of nitrogens with one attached hydrogen (secondary N) is 1. The molecule has 2 N–H and O–H groups in total. The average molecular weight is 399 g/mol. The number of hydrogen-bond acceptors (Lipinski definition) is 6. The van der Waals surface area contributed by atoms with E-state index in [-0.39, 0.29) is 0 Å². The fraction of sp³-hybridized carbons (Fsp3) is 0.583. The van der Waals surface area contributed by atoms with Gasteiger partial charge in [-0.15, -0.1) is 0 Å². The van der Waals surface area contributed by atoms with E-state index in [9.17, 15) is 8.42 Å². The van der Waals surface area contributed by atoms with Crippen molar-refractivity contribution in [2.75, 3.05) is 25.4 Å². The van der Waals surface area contributed by atoms with Crippen LogP contribution in [0.5, 0.6) is 5.75 Å². The maximum atomic E-state index is 10.4. The van der Waals surface area contributed by atoms with Gasteiger partial charge in [0, 0.05) is 24.7 Å². The van der Waals surface area contributed by atoms with Gasteiger partial charge in [-0.05, 0) is 58.6 Å². The molecule has 0 unspecified atom stereocenters. The molecule has 6 nitrogen and oxygen atoms in total. The predicted molar refractivity (Wildman–Crippen MR) is 88.2 cm³/mol. The van der Waals surface area contributed by atoms with Gasteiger partial charge in [-0.25, -0.2) is 0 Å². The second-order valence-electron chi connectivity index (χ2n) is 4.21. The van der Waals surface area contributed by atoms with Crippen molar-refractivity contribution in [2.24, 2.45) is 0 Å². The smallest absolute Gasteiger partial charge is 0.319 e. The lowest BCUT2D eigenvalue weighted by molar-refractivity contribution is 0.303. The van der Waals surface area contributed by atoms with Gasteiger partial charge in [-0.1, -0.05) is 0 Å². The number of pyridine rings is 1. The van der Waals surface area contributed by atoms with Gasteiger partial charge in [0.1, 0.15) is 5.75 Å². The second kappa shape index (κ2) is 10.4. The molecule has 0 aliphatic heterocycles. The summed E-state index contributed by atoms with van der Waals surface area (Å²) in [5, 5.41) is 3.12. The van der Waals surface area contributed by atoms with Crippen molar-refractivity contribution in [2.45, 2.75) is 19.3 Å². The summed E-state index contributed by atoms with van der Waals surface area (Å²) in [6.07, 6.45) is 6.37. The van der Waals surface area contributed by atoms with Gasteiger partial charge >= 0.3 is 9.15 Å². The molecule has 0 saturated carbocycles. The standard InChI is InChI=1S/C12H19BrN2O4S2/c13-11-10-15-6-4-12(11)19-8-3-1-2-5-14-7-9-20-21(16,17)18/h4,6,10,14H,1-3,5,7-9H2,(H,16,17,18). The Hall–Kier alpha value is -0.350. The molecule has 0 bridgehead atoms. The van der Waals surface area contributed by atoms with Crippen LogP contribution in [-0.2, 0) is 9.15 Å². The molecule has 120 valence electrons. The summed E-state index contributed by atoms with van der Waals surface area (Å²) < 4.78 is 35.9. The Morgan fingerprint density at radius 3 is 2.86 bits per heavy atom. The third-order valence-corrected chi connectivity index (χ3v) is 5.16. The highest BCUT2D eigenvalue weighted by Gasteiger charge is 2.03. The molecule has 0 aliphatic rings. The zero-order chi connectivity index (χ0) is 15.6. The van der Waals surface area contributed by atoms with Crippen LogP contribution >= 0.6 is 26.7 Å². The monoisotopic (exact) mass is 398 g/mol. The van der Waals surface area contributed by atoms with E-state index in [1.165, 1.54) is 0 Å². The van der Waals surface area contributed by atoms with Crippen LogP contribution < -0.4 is 10.1 Å². The summed E-state index contributed by atoms with van der Waals surface area (Å²) >= 11 is 3.37. The van der Waals surface area contributed by atoms with Crippen LogP contribution in [0.4, 0.5) is 0 Å². The molecule has 1 aromatic rings. The molecule has 9 heteroatoms. The first-order valence-corrected chi connectivity index (χ1v) is 10.3. The van der Waals surface area contributed by atoms with Crippen LogP contribution in [0.1, 0.15) is 19.3 Å². The minimum atomic E-state index is -3.91. The van der Waals surface area contributed by atoms with E-state index in [1.807, 2.05) is 6.07 Å². The SMILES string of the molecule is O=S(=O)(O)SCCNCCCCCOc1ccncc1Br. The van der Waals surface area contributed by atoms with E-state index in [4.69, 9.17) is 9.29 Å². The topological polar surface area (TPSA) is 88.5 Å². The summed E-state index contributed by atoms with van der Waals surface area (Å²) in [4.78, 5) is 3.96. The van der Waals surface area contributed by atoms with E-state index in [0.717, 1.165) is 36.0 Å². The third-order valence-electron chi connectivity index (χ3n) is 2.50. The Bertz CT molecular complexity index is 514. The zero-order valence-electron chi connectivity index (χ0n) is 11.5. The lowest BCUT2D eigenvalue weighted by Crippen LogP contribution is -2.19. The Labute approximate surface area is 137 Å². The second-order valence-corrected chi connectivity index (χ2v) is 8.54. The molecule has 21 heavy (non-hydrogen) atoms. The molecular weight excluding hydrogens is 380 g/mol. The summed E-state index contributed by atoms with van der Waals surface area (Å²) in [6.45, 7) is 2.04. The van der Waals surface area contributed by atoms with Gasteiger partial charge in [0.15, 0.2) is 0 Å². The number of nitrogens with zero attached hydrogens (tertiary/aromatic N) is 1. The van der Waals surface area contributed by atoms with Crippen LogP contribution in [0.2, 0.25) is 0 Å². The van der Waals surface area contributed by atoms with E-state index >= 15 is 0 Å². The van der Waals surface area contributed by atoms with Crippen molar-refractivity contribution in [1.82, 2.24) is 10.3 Å². The third kappa shape index (κ3) is 10.1. The molecule has 1 rings (SSSR count). The highest BCUT2D eigenvalue weighted by Crippen LogP contribution is 2.22. The van der Waals surface area contributed by atoms with Crippen LogP contribution in [0.25, 0.3) is 0 Å². The fourth-order valence-electron chi connectivity index (χ4n) is 1.53. The molecule has 0 amide bonds. The predicted octanol–water partition coefficient (Wildman–Crippen LogP) is 2.52. The normalized spacial score (nSPS) is 11.5. The maximum Gasteiger partial charge on any atom is 0.319 e. The summed E-state index contributed by atoms with van der Waals surface area (Å²) in [6, 6.07) is 1.82. The molecular formula is C12H19BrN2O4S2. The lowest BCUT2D eigenvalue weighted by atomic mass is 10.2. The highest BCUT2D eigenvalue weighted by molar-refractivity contribution is 9.10. The first kappa shape index (κ1) is 18.7. The lowest BCUT2D eigenvalue weighted by Gasteiger charge is -2.07. The first-order chi connectivity index (χ1) is 9.99. The summed E-state index contributed by atoms with van der Waals surface area (Å²) in [5.74, 6) is 1.14. The van der Waals surface area contributed by atoms with Crippen molar-refractivity contribution >= 4 is 35.9 Å². The number of rotatable bonds is 11. The van der Waals surface area contributed by atoms with Crippen molar-refractivity contribution in [3.8, 4) is 5.75 Å². The average Bonchev–Trinajstić information content (AvgIpc) is 2.41. The Kier molecular flexibility index (Phi) is 9.25. The van der Waals surface area contributed by atoms with Gasteiger partial charge in [0.2, 0.25) is 0 Å². The van der Waals surface area contributed by atoms with Gasteiger partial charge in [0.05, 0.1) is 11.1 Å². The Morgan fingerprint density at radius 1 is 1.33 bits per heavy atom. The van der Waals surface area contributed by atoms with Crippen LogP contribution in [0, 0.1) is 0 Å². The van der Waals surface area contributed by atoms with E-state index in [0.29, 0.717) is 29.7 Å². The number of unbranched alkanes of at least 4 members (excludes halogenated alkanes) is 2. The van der Waals surface area contributed by atoms with Crippen LogP contribution in [0.15, 0.2) is 22.9 Å². The maximum absolute atomic E-state index is 10.4. The summed E-state index contributed by atoms with van der Waals surface area (Å²) in [7, 11) is -3.37. The minimum Gasteiger partial charge on any atom is -0.492 e. The number of halogens is 1. The molecule has 0 spiro atoms.